The quantitative estimate of drug-likeness (QED) is 0.102. The maximum atomic E-state index is 14.1. The van der Waals surface area contributed by atoms with Gasteiger partial charge in [-0.15, -0.1) is 0 Å². The van der Waals surface area contributed by atoms with Gasteiger partial charge >= 0.3 is 11.9 Å². The number of benzene rings is 3. The molecule has 1 unspecified atom stereocenters. The molecule has 2 saturated heterocycles. The summed E-state index contributed by atoms with van der Waals surface area (Å²) < 4.78 is 28.6. The molecule has 2 fully saturated rings. The van der Waals surface area contributed by atoms with Gasteiger partial charge in [-0.2, -0.15) is 0 Å². The Morgan fingerprint density at radius 1 is 0.843 bits per heavy atom. The molecule has 274 valence electrons. The van der Waals surface area contributed by atoms with Crippen molar-refractivity contribution in [2.24, 2.45) is 11.8 Å². The highest BCUT2D eigenvalue weighted by molar-refractivity contribution is 5.86. The molecule has 2 aliphatic heterocycles. The number of hydrogen-bond donors (Lipinski definition) is 5. The van der Waals surface area contributed by atoms with E-state index >= 15 is 0 Å². The van der Waals surface area contributed by atoms with Crippen LogP contribution in [-0.4, -0.2) is 93.7 Å². The van der Waals surface area contributed by atoms with Crippen molar-refractivity contribution in [3.8, 4) is 0 Å². The lowest BCUT2D eigenvalue weighted by atomic mass is 9.85. The lowest BCUT2D eigenvalue weighted by Crippen LogP contribution is -2.59. The van der Waals surface area contributed by atoms with Gasteiger partial charge in [0.2, 0.25) is 5.91 Å². The average molecular weight is 708 g/mol. The minimum Gasteiger partial charge on any atom is -0.481 e. The predicted octanol–water partition coefficient (Wildman–Crippen LogP) is 2.34. The van der Waals surface area contributed by atoms with Crippen LogP contribution in [0.1, 0.15) is 37.0 Å². The van der Waals surface area contributed by atoms with Gasteiger partial charge < -0.3 is 49.4 Å². The number of esters is 1. The first-order valence-electron chi connectivity index (χ1n) is 16.9. The maximum Gasteiger partial charge on any atom is 0.333 e. The summed E-state index contributed by atoms with van der Waals surface area (Å²) in [5.41, 5.74) is 2.37. The first-order chi connectivity index (χ1) is 24.4. The van der Waals surface area contributed by atoms with Crippen LogP contribution >= 0.6 is 0 Å². The van der Waals surface area contributed by atoms with Crippen LogP contribution in [0.2, 0.25) is 0 Å². The molecule has 0 aromatic heterocycles. The molecule has 13 nitrogen and oxygen atoms in total. The highest BCUT2D eigenvalue weighted by Crippen LogP contribution is 2.45. The lowest BCUT2D eigenvalue weighted by molar-refractivity contribution is -0.302. The molecule has 1 amide bonds. The SMILES string of the molecule is CC1(C)OC2O[C@H]([C@H](O)CO)[C@](O)(OC(=O)[C@H](COCc3ccccc3)NC(=O)[C@H](Cc3ccccc3)C[C@@H](Cc3ccccc3)C(=O)O)[C@H]2O1. The molecule has 0 bridgehead atoms. The summed E-state index contributed by atoms with van der Waals surface area (Å²) in [7, 11) is 0. The molecule has 13 heteroatoms. The zero-order valence-corrected chi connectivity index (χ0v) is 28.5. The molecule has 0 radical (unpaired) electrons. The van der Waals surface area contributed by atoms with Crippen molar-refractivity contribution in [3.63, 3.8) is 0 Å². The topological polar surface area (TPSA) is 190 Å². The number of hydrogen-bond acceptors (Lipinski definition) is 11. The molecule has 8 atom stereocenters. The number of nitrogens with one attached hydrogen (secondary N) is 1. The van der Waals surface area contributed by atoms with Gasteiger partial charge in [0.05, 0.1) is 25.7 Å². The number of carbonyl (C=O) groups is 3. The van der Waals surface area contributed by atoms with Crippen molar-refractivity contribution < 1.29 is 58.5 Å². The summed E-state index contributed by atoms with van der Waals surface area (Å²) >= 11 is 0. The molecule has 3 aromatic carbocycles. The van der Waals surface area contributed by atoms with Crippen LogP contribution in [0.25, 0.3) is 0 Å². The number of aliphatic hydroxyl groups excluding tert-OH is 2. The first-order valence-corrected chi connectivity index (χ1v) is 16.9. The number of rotatable bonds is 17. The predicted molar refractivity (Wildman–Crippen MR) is 180 cm³/mol. The van der Waals surface area contributed by atoms with Crippen LogP contribution in [0.5, 0.6) is 0 Å². The van der Waals surface area contributed by atoms with E-state index in [1.54, 1.807) is 13.8 Å². The largest absolute Gasteiger partial charge is 0.481 e. The van der Waals surface area contributed by atoms with E-state index in [-0.39, 0.29) is 25.9 Å². The minimum absolute atomic E-state index is 0.0514. The molecule has 0 aliphatic carbocycles. The van der Waals surface area contributed by atoms with Gasteiger partial charge in [-0.25, -0.2) is 4.79 Å². The van der Waals surface area contributed by atoms with E-state index in [4.69, 9.17) is 23.7 Å². The highest BCUT2D eigenvalue weighted by Gasteiger charge is 2.67. The lowest BCUT2D eigenvalue weighted by Gasteiger charge is -2.35. The zero-order chi connectivity index (χ0) is 36.6. The van der Waals surface area contributed by atoms with Crippen LogP contribution in [0, 0.1) is 11.8 Å². The fourth-order valence-corrected chi connectivity index (χ4v) is 6.35. The fraction of sp³-hybridized carbons (Fsp3) is 0.447. The third-order valence-corrected chi connectivity index (χ3v) is 8.89. The summed E-state index contributed by atoms with van der Waals surface area (Å²) in [6.07, 6.45) is -5.72. The van der Waals surface area contributed by atoms with E-state index in [0.29, 0.717) is 0 Å². The van der Waals surface area contributed by atoms with E-state index < -0.39 is 85.1 Å². The number of aliphatic carboxylic acids is 1. The van der Waals surface area contributed by atoms with Crippen LogP contribution in [-0.2, 0) is 57.5 Å². The Kier molecular flexibility index (Phi) is 12.6. The van der Waals surface area contributed by atoms with Gasteiger partial charge in [0.1, 0.15) is 6.10 Å². The summed E-state index contributed by atoms with van der Waals surface area (Å²) in [4.78, 5) is 40.6. The number of fused-ring (bicyclic) bond motifs is 1. The second-order valence-corrected chi connectivity index (χ2v) is 13.3. The van der Waals surface area contributed by atoms with Crippen LogP contribution in [0.4, 0.5) is 0 Å². The van der Waals surface area contributed by atoms with E-state index in [1.165, 1.54) is 0 Å². The number of aliphatic hydroxyl groups is 3. The second-order valence-electron chi connectivity index (χ2n) is 13.3. The van der Waals surface area contributed by atoms with Crippen LogP contribution in [0.15, 0.2) is 91.0 Å². The molecular formula is C38H45NO12. The van der Waals surface area contributed by atoms with Crippen molar-refractivity contribution in [2.75, 3.05) is 13.2 Å². The van der Waals surface area contributed by atoms with E-state index in [1.807, 2.05) is 91.0 Å². The summed E-state index contributed by atoms with van der Waals surface area (Å²) in [6.45, 7) is 1.95. The monoisotopic (exact) mass is 707 g/mol. The Hall–Kier alpha value is -4.21. The molecule has 0 saturated carbocycles. The molecular weight excluding hydrogens is 662 g/mol. The van der Waals surface area contributed by atoms with Gasteiger partial charge in [-0.3, -0.25) is 9.59 Å². The number of carbonyl (C=O) groups excluding carboxylic acids is 2. The van der Waals surface area contributed by atoms with Crippen LogP contribution < -0.4 is 5.32 Å². The van der Waals surface area contributed by atoms with Gasteiger partial charge in [-0.05, 0) is 49.8 Å². The number of carboxylic acids is 1. The van der Waals surface area contributed by atoms with Gasteiger partial charge in [0.15, 0.2) is 30.3 Å². The van der Waals surface area contributed by atoms with E-state index in [0.717, 1.165) is 16.7 Å². The van der Waals surface area contributed by atoms with E-state index in [2.05, 4.69) is 5.32 Å². The number of ether oxygens (including phenoxy) is 5. The first kappa shape index (κ1) is 38.0. The molecule has 3 aromatic rings. The van der Waals surface area contributed by atoms with Gasteiger partial charge in [0, 0.05) is 5.92 Å². The Balaban J connectivity index is 1.40. The van der Waals surface area contributed by atoms with Gasteiger partial charge in [0.25, 0.3) is 5.79 Å². The Labute approximate surface area is 296 Å². The van der Waals surface area contributed by atoms with E-state index in [9.17, 15) is 34.8 Å². The van der Waals surface area contributed by atoms with Crippen molar-refractivity contribution in [2.45, 2.75) is 81.9 Å². The minimum atomic E-state index is -2.65. The Morgan fingerprint density at radius 3 is 1.94 bits per heavy atom. The molecule has 2 heterocycles. The third-order valence-electron chi connectivity index (χ3n) is 8.89. The molecule has 2 aliphatic rings. The molecule has 51 heavy (non-hydrogen) atoms. The third kappa shape index (κ3) is 9.77. The molecule has 5 N–H and O–H groups in total. The summed E-state index contributed by atoms with van der Waals surface area (Å²) in [6, 6.07) is 25.8. The number of amides is 1. The molecule has 0 spiro atoms. The van der Waals surface area contributed by atoms with Crippen molar-refractivity contribution in [1.29, 1.82) is 0 Å². The normalized spacial score (nSPS) is 24.5. The van der Waals surface area contributed by atoms with Crippen molar-refractivity contribution in [3.05, 3.63) is 108 Å². The zero-order valence-electron chi connectivity index (χ0n) is 28.5. The van der Waals surface area contributed by atoms with Crippen LogP contribution in [0.3, 0.4) is 0 Å². The Morgan fingerprint density at radius 2 is 1.39 bits per heavy atom. The number of carboxylic acid groups (broad SMARTS) is 1. The highest BCUT2D eigenvalue weighted by atomic mass is 16.9. The van der Waals surface area contributed by atoms with Gasteiger partial charge in [-0.1, -0.05) is 91.0 Å². The smallest absolute Gasteiger partial charge is 0.333 e. The van der Waals surface area contributed by atoms with Crippen molar-refractivity contribution >= 4 is 17.8 Å². The maximum absolute atomic E-state index is 14.1. The summed E-state index contributed by atoms with van der Waals surface area (Å²) in [5.74, 6) is -8.58. The average Bonchev–Trinajstić information content (AvgIpc) is 3.57. The summed E-state index contributed by atoms with van der Waals surface area (Å²) in [5, 5.41) is 44.8. The van der Waals surface area contributed by atoms with Crippen molar-refractivity contribution in [1.82, 2.24) is 5.32 Å². The Bertz CT molecular complexity index is 1590. The standard InChI is InChI=1S/C38H45NO12/c1-37(2)49-32-36(51-37)48-31(30(41)21-40)38(32,46)50-35(45)29(23-47-22-26-16-10-5-11-17-26)39-33(42)27(18-24-12-6-3-7-13-24)20-28(34(43)44)19-25-14-8-4-9-15-25/h3-17,27-32,36,40-41,46H,18-23H2,1-2H3,(H,39,42)(H,43,44)/t27-,28-,29+,30-,31-,32+,36?,38+/m1/s1. The molecule has 5 rings (SSSR count). The second kappa shape index (κ2) is 16.9. The fourth-order valence-electron chi connectivity index (χ4n) is 6.35.